The highest BCUT2D eigenvalue weighted by molar-refractivity contribution is 7.10. The minimum atomic E-state index is 0.720. The first-order valence-electron chi connectivity index (χ1n) is 6.62. The predicted octanol–water partition coefficient (Wildman–Crippen LogP) is 2.75. The first-order chi connectivity index (χ1) is 8.71. The molecule has 1 aromatic rings. The van der Waals surface area contributed by atoms with Gasteiger partial charge in [-0.2, -0.15) is 0 Å². The van der Waals surface area contributed by atoms with Crippen molar-refractivity contribution < 1.29 is 0 Å². The summed E-state index contributed by atoms with van der Waals surface area (Å²) in [6.45, 7) is 12.9. The van der Waals surface area contributed by atoms with E-state index in [1.54, 1.807) is 0 Å². The molecular formula is C12H23ClN4S. The third-order valence-electron chi connectivity index (χ3n) is 3.17. The Morgan fingerprint density at radius 3 is 2.17 bits per heavy atom. The summed E-state index contributed by atoms with van der Waals surface area (Å²) in [5, 5.41) is 4.06. The molecular weight excluding hydrogens is 268 g/mol. The van der Waals surface area contributed by atoms with Crippen molar-refractivity contribution in [1.29, 1.82) is 0 Å². The molecule has 104 valence electrons. The van der Waals surface area contributed by atoms with Gasteiger partial charge in [0.1, 0.15) is 10.0 Å². The molecule has 0 saturated heterocycles. The largest absolute Gasteiger partial charge is 0.304 e. The van der Waals surface area contributed by atoms with Gasteiger partial charge >= 0.3 is 0 Å². The van der Waals surface area contributed by atoms with E-state index in [2.05, 4.69) is 40.2 Å². The third-order valence-corrected chi connectivity index (χ3v) is 4.16. The Labute approximate surface area is 119 Å². The van der Waals surface area contributed by atoms with Crippen LogP contribution in [0.5, 0.6) is 0 Å². The third kappa shape index (κ3) is 5.18. The van der Waals surface area contributed by atoms with Crippen LogP contribution < -0.4 is 0 Å². The fourth-order valence-electron chi connectivity index (χ4n) is 1.91. The van der Waals surface area contributed by atoms with Gasteiger partial charge < -0.3 is 4.90 Å². The molecule has 0 amide bonds. The number of halogens is 1. The molecule has 0 aliphatic carbocycles. The number of rotatable bonds is 9. The number of hydrogen-bond acceptors (Lipinski definition) is 5. The maximum atomic E-state index is 6.03. The lowest BCUT2D eigenvalue weighted by atomic mass is 10.3. The maximum absolute atomic E-state index is 6.03. The Morgan fingerprint density at radius 2 is 1.67 bits per heavy atom. The molecule has 0 aliphatic rings. The van der Waals surface area contributed by atoms with Crippen molar-refractivity contribution in [1.82, 2.24) is 19.4 Å². The van der Waals surface area contributed by atoms with Crippen LogP contribution in [0.15, 0.2) is 0 Å². The second-order valence-corrected chi connectivity index (χ2v) is 5.60. The van der Waals surface area contributed by atoms with E-state index in [0.29, 0.717) is 0 Å². The summed E-state index contributed by atoms with van der Waals surface area (Å²) in [6, 6.07) is 0. The Balaban J connectivity index is 2.32. The highest BCUT2D eigenvalue weighted by atomic mass is 35.5. The van der Waals surface area contributed by atoms with Gasteiger partial charge in [-0.15, -0.1) is 5.10 Å². The summed E-state index contributed by atoms with van der Waals surface area (Å²) in [4.78, 5) is 4.82. The number of nitrogens with zero attached hydrogens (tertiary/aromatic N) is 4. The molecule has 0 bridgehead atoms. The Bertz CT molecular complexity index is 328. The van der Waals surface area contributed by atoms with Gasteiger partial charge in [0.2, 0.25) is 0 Å². The summed E-state index contributed by atoms with van der Waals surface area (Å²) in [7, 11) is 0. The summed E-state index contributed by atoms with van der Waals surface area (Å²) in [5.74, 6) is 0. The van der Waals surface area contributed by atoms with Crippen molar-refractivity contribution in [2.75, 3.05) is 32.7 Å². The maximum Gasteiger partial charge on any atom is 0.138 e. The van der Waals surface area contributed by atoms with Crippen LogP contribution in [0.1, 0.15) is 32.9 Å². The van der Waals surface area contributed by atoms with Crippen LogP contribution in [0, 0.1) is 0 Å². The average Bonchev–Trinajstić information content (AvgIpc) is 2.79. The normalized spacial score (nSPS) is 11.7. The molecule has 0 unspecified atom stereocenters. The van der Waals surface area contributed by atoms with E-state index in [0.717, 1.165) is 49.3 Å². The van der Waals surface area contributed by atoms with E-state index >= 15 is 0 Å². The quantitative estimate of drug-likeness (QED) is 0.700. The summed E-state index contributed by atoms with van der Waals surface area (Å²) in [5.41, 5.74) is 0.909. The van der Waals surface area contributed by atoms with Crippen LogP contribution in [-0.4, -0.2) is 52.1 Å². The van der Waals surface area contributed by atoms with Gasteiger partial charge in [-0.25, -0.2) is 0 Å². The SMILES string of the molecule is CCN(CC)CCCN(CC)Cc1nnsc1Cl. The molecule has 0 aromatic carbocycles. The second-order valence-electron chi connectivity index (χ2n) is 4.24. The predicted molar refractivity (Wildman–Crippen MR) is 78.3 cm³/mol. The van der Waals surface area contributed by atoms with Crippen LogP contribution in [0.2, 0.25) is 4.34 Å². The van der Waals surface area contributed by atoms with Crippen molar-refractivity contribution in [2.45, 2.75) is 33.7 Å². The fourth-order valence-corrected chi connectivity index (χ4v) is 2.52. The molecule has 0 radical (unpaired) electrons. The monoisotopic (exact) mass is 290 g/mol. The minimum absolute atomic E-state index is 0.720. The molecule has 0 saturated carbocycles. The lowest BCUT2D eigenvalue weighted by molar-refractivity contribution is 0.237. The highest BCUT2D eigenvalue weighted by Crippen LogP contribution is 2.18. The van der Waals surface area contributed by atoms with Gasteiger partial charge in [0.15, 0.2) is 0 Å². The van der Waals surface area contributed by atoms with E-state index < -0.39 is 0 Å². The molecule has 4 nitrogen and oxygen atoms in total. The van der Waals surface area contributed by atoms with E-state index in [4.69, 9.17) is 11.6 Å². The lowest BCUT2D eigenvalue weighted by Gasteiger charge is -2.22. The summed E-state index contributed by atoms with van der Waals surface area (Å²) < 4.78 is 4.59. The molecule has 0 fully saturated rings. The van der Waals surface area contributed by atoms with Crippen LogP contribution >= 0.6 is 23.1 Å². The Morgan fingerprint density at radius 1 is 1.06 bits per heavy atom. The van der Waals surface area contributed by atoms with Gasteiger partial charge in [0, 0.05) is 18.1 Å². The smallest absolute Gasteiger partial charge is 0.138 e. The van der Waals surface area contributed by atoms with Crippen LogP contribution in [0.25, 0.3) is 0 Å². The van der Waals surface area contributed by atoms with E-state index in [-0.39, 0.29) is 0 Å². The minimum Gasteiger partial charge on any atom is -0.304 e. The first-order valence-corrected chi connectivity index (χ1v) is 7.77. The Hall–Kier alpha value is -0.230. The number of hydrogen-bond donors (Lipinski definition) is 0. The van der Waals surface area contributed by atoms with Gasteiger partial charge in [-0.3, -0.25) is 4.90 Å². The topological polar surface area (TPSA) is 32.3 Å². The fraction of sp³-hybridized carbons (Fsp3) is 0.833. The van der Waals surface area contributed by atoms with Crippen molar-refractivity contribution >= 4 is 23.1 Å². The molecule has 1 aromatic heterocycles. The highest BCUT2D eigenvalue weighted by Gasteiger charge is 2.10. The van der Waals surface area contributed by atoms with Crippen molar-refractivity contribution in [2.24, 2.45) is 0 Å². The zero-order chi connectivity index (χ0) is 13.4. The van der Waals surface area contributed by atoms with Crippen LogP contribution in [0.4, 0.5) is 0 Å². The van der Waals surface area contributed by atoms with Crippen molar-refractivity contribution in [3.63, 3.8) is 0 Å². The summed E-state index contributed by atoms with van der Waals surface area (Å²) >= 11 is 7.29. The molecule has 6 heteroatoms. The average molecular weight is 291 g/mol. The molecule has 0 aliphatic heterocycles. The molecule has 18 heavy (non-hydrogen) atoms. The Kier molecular flexibility index (Phi) is 7.74. The first kappa shape index (κ1) is 15.8. The van der Waals surface area contributed by atoms with Crippen LogP contribution in [-0.2, 0) is 6.54 Å². The molecule has 0 N–H and O–H groups in total. The van der Waals surface area contributed by atoms with E-state index in [1.807, 2.05) is 0 Å². The van der Waals surface area contributed by atoms with Crippen molar-refractivity contribution in [3.8, 4) is 0 Å². The van der Waals surface area contributed by atoms with Crippen molar-refractivity contribution in [3.05, 3.63) is 10.0 Å². The zero-order valence-corrected chi connectivity index (χ0v) is 13.1. The summed E-state index contributed by atoms with van der Waals surface area (Å²) in [6.07, 6.45) is 1.19. The molecule has 0 atom stereocenters. The zero-order valence-electron chi connectivity index (χ0n) is 11.5. The lowest BCUT2D eigenvalue weighted by Crippen LogP contribution is -2.30. The van der Waals surface area contributed by atoms with Gasteiger partial charge in [-0.1, -0.05) is 36.9 Å². The van der Waals surface area contributed by atoms with Crippen LogP contribution in [0.3, 0.4) is 0 Å². The van der Waals surface area contributed by atoms with E-state index in [1.165, 1.54) is 18.0 Å². The molecule has 1 heterocycles. The molecule has 0 spiro atoms. The second kappa shape index (κ2) is 8.80. The standard InChI is InChI=1S/C12H23ClN4S/c1-4-16(5-2)8-7-9-17(6-3)10-11-12(13)18-15-14-11/h4-10H2,1-3H3. The van der Waals surface area contributed by atoms with Gasteiger partial charge in [-0.05, 0) is 39.1 Å². The number of aromatic nitrogens is 2. The van der Waals surface area contributed by atoms with E-state index in [9.17, 15) is 0 Å². The van der Waals surface area contributed by atoms with Gasteiger partial charge in [0.25, 0.3) is 0 Å². The molecule has 1 rings (SSSR count). The van der Waals surface area contributed by atoms with Gasteiger partial charge in [0.05, 0.1) is 0 Å².